The fourth-order valence-electron chi connectivity index (χ4n) is 1.16. The van der Waals surface area contributed by atoms with E-state index in [-0.39, 0.29) is 17.7 Å². The van der Waals surface area contributed by atoms with Crippen molar-refractivity contribution in [2.45, 2.75) is 13.3 Å². The van der Waals surface area contributed by atoms with E-state index in [1.165, 1.54) is 6.07 Å². The van der Waals surface area contributed by atoms with Crippen LogP contribution in [0.5, 0.6) is 5.75 Å². The minimum Gasteiger partial charge on any atom is -0.507 e. The predicted molar refractivity (Wildman–Crippen MR) is 46.9 cm³/mol. The monoisotopic (exact) mass is 172 g/mol. The molecule has 0 saturated carbocycles. The highest BCUT2D eigenvalue weighted by Gasteiger charge is 2.07. The van der Waals surface area contributed by atoms with Crippen molar-refractivity contribution in [3.8, 4) is 17.9 Å². The topological polar surface area (TPSA) is 67.8 Å². The second-order valence-corrected chi connectivity index (χ2v) is 2.69. The molecule has 0 amide bonds. The van der Waals surface area contributed by atoms with Crippen molar-refractivity contribution < 1.29 is 5.11 Å². The lowest BCUT2D eigenvalue weighted by Crippen LogP contribution is -1.91. The van der Waals surface area contributed by atoms with Gasteiger partial charge in [-0.3, -0.25) is 0 Å². The van der Waals surface area contributed by atoms with Gasteiger partial charge in [-0.05, 0) is 24.1 Å². The van der Waals surface area contributed by atoms with E-state index in [0.29, 0.717) is 5.56 Å². The molecule has 0 saturated heterocycles. The first kappa shape index (κ1) is 9.09. The Morgan fingerprint density at radius 3 is 2.62 bits per heavy atom. The number of hydrogen-bond donors (Lipinski definition) is 1. The smallest absolute Gasteiger partial charge is 0.133 e. The summed E-state index contributed by atoms with van der Waals surface area (Å²) in [4.78, 5) is 0. The van der Waals surface area contributed by atoms with Gasteiger partial charge in [0.05, 0.1) is 18.1 Å². The third kappa shape index (κ3) is 1.60. The summed E-state index contributed by atoms with van der Waals surface area (Å²) in [6, 6.07) is 7.01. The molecule has 64 valence electrons. The summed E-state index contributed by atoms with van der Waals surface area (Å²) in [5, 5.41) is 26.5. The van der Waals surface area contributed by atoms with E-state index in [1.807, 2.05) is 12.1 Å². The van der Waals surface area contributed by atoms with E-state index in [2.05, 4.69) is 0 Å². The van der Waals surface area contributed by atoms with Crippen LogP contribution in [-0.4, -0.2) is 5.11 Å². The predicted octanol–water partition coefficient (Wildman–Crippen LogP) is 1.64. The Morgan fingerprint density at radius 2 is 2.08 bits per heavy atom. The third-order valence-electron chi connectivity index (χ3n) is 1.94. The highest BCUT2D eigenvalue weighted by atomic mass is 16.3. The van der Waals surface area contributed by atoms with Crippen molar-refractivity contribution in [1.29, 1.82) is 10.5 Å². The maximum absolute atomic E-state index is 9.28. The van der Waals surface area contributed by atoms with Crippen molar-refractivity contribution in [3.63, 3.8) is 0 Å². The van der Waals surface area contributed by atoms with E-state index in [0.717, 1.165) is 5.56 Å². The lowest BCUT2D eigenvalue weighted by molar-refractivity contribution is 0.473. The molecule has 0 aliphatic heterocycles. The Hall–Kier alpha value is -2.00. The molecule has 0 aromatic heterocycles. The third-order valence-corrected chi connectivity index (χ3v) is 1.94. The molecule has 0 fully saturated rings. The molecule has 0 spiro atoms. The molecule has 13 heavy (non-hydrogen) atoms. The molecule has 0 unspecified atom stereocenters. The maximum atomic E-state index is 9.28. The summed E-state index contributed by atoms with van der Waals surface area (Å²) in [6.45, 7) is 1.73. The first-order valence-electron chi connectivity index (χ1n) is 3.79. The van der Waals surface area contributed by atoms with Gasteiger partial charge in [0.1, 0.15) is 11.8 Å². The molecule has 0 aliphatic rings. The summed E-state index contributed by atoms with van der Waals surface area (Å²) in [6.07, 6.45) is 0.265. The molecule has 3 nitrogen and oxygen atoms in total. The van der Waals surface area contributed by atoms with Gasteiger partial charge in [-0.25, -0.2) is 0 Å². The average Bonchev–Trinajstić information content (AvgIpc) is 2.11. The molecule has 1 rings (SSSR count). The van der Waals surface area contributed by atoms with E-state index < -0.39 is 0 Å². The Kier molecular flexibility index (Phi) is 2.52. The number of aromatic hydroxyl groups is 1. The summed E-state index contributed by atoms with van der Waals surface area (Å²) >= 11 is 0. The second-order valence-electron chi connectivity index (χ2n) is 2.69. The molecule has 1 aromatic rings. The van der Waals surface area contributed by atoms with Gasteiger partial charge in [0.15, 0.2) is 0 Å². The van der Waals surface area contributed by atoms with Crippen molar-refractivity contribution >= 4 is 0 Å². The number of hydrogen-bond acceptors (Lipinski definition) is 3. The van der Waals surface area contributed by atoms with E-state index in [1.54, 1.807) is 13.0 Å². The minimum atomic E-state index is -0.0262. The van der Waals surface area contributed by atoms with Crippen LogP contribution in [0.2, 0.25) is 0 Å². The van der Waals surface area contributed by atoms with Gasteiger partial charge in [-0.1, -0.05) is 6.07 Å². The molecule has 0 atom stereocenters. The van der Waals surface area contributed by atoms with Gasteiger partial charge in [-0.15, -0.1) is 0 Å². The zero-order chi connectivity index (χ0) is 9.84. The number of nitriles is 2. The normalized spacial score (nSPS) is 8.85. The zero-order valence-electron chi connectivity index (χ0n) is 7.20. The van der Waals surface area contributed by atoms with Crippen LogP contribution in [0.25, 0.3) is 0 Å². The van der Waals surface area contributed by atoms with Gasteiger partial charge in [0.2, 0.25) is 0 Å². The standard InChI is InChI=1S/C10H8N2O/c1-7-8(4-5-11)2-3-10(13)9(7)6-12/h2-3,13H,4H2,1H3. The molecule has 1 aromatic carbocycles. The van der Waals surface area contributed by atoms with E-state index >= 15 is 0 Å². The minimum absolute atomic E-state index is 0.0262. The van der Waals surface area contributed by atoms with Crippen molar-refractivity contribution in [2.75, 3.05) is 0 Å². The summed E-state index contributed by atoms with van der Waals surface area (Å²) < 4.78 is 0. The van der Waals surface area contributed by atoms with Gasteiger partial charge >= 0.3 is 0 Å². The highest BCUT2D eigenvalue weighted by Crippen LogP contribution is 2.22. The Balaban J connectivity index is 3.31. The van der Waals surface area contributed by atoms with E-state index in [9.17, 15) is 5.11 Å². The lowest BCUT2D eigenvalue weighted by Gasteiger charge is -2.04. The van der Waals surface area contributed by atoms with Gasteiger partial charge < -0.3 is 5.11 Å². The quantitative estimate of drug-likeness (QED) is 0.700. The molecular formula is C10H8N2O. The second kappa shape index (κ2) is 3.60. The first-order valence-corrected chi connectivity index (χ1v) is 3.79. The van der Waals surface area contributed by atoms with Crippen molar-refractivity contribution in [1.82, 2.24) is 0 Å². The van der Waals surface area contributed by atoms with Crippen LogP contribution >= 0.6 is 0 Å². The number of phenolic OH excluding ortho intramolecular Hbond substituents is 1. The SMILES string of the molecule is Cc1c(CC#N)ccc(O)c1C#N. The molecule has 0 aliphatic carbocycles. The largest absolute Gasteiger partial charge is 0.507 e. The van der Waals surface area contributed by atoms with Crippen LogP contribution in [0.3, 0.4) is 0 Å². The zero-order valence-corrected chi connectivity index (χ0v) is 7.20. The van der Waals surface area contributed by atoms with Gasteiger partial charge in [-0.2, -0.15) is 10.5 Å². The molecule has 1 N–H and O–H groups in total. The summed E-state index contributed by atoms with van der Waals surface area (Å²) in [5.74, 6) is -0.0262. The average molecular weight is 172 g/mol. The van der Waals surface area contributed by atoms with Crippen LogP contribution in [0.4, 0.5) is 0 Å². The van der Waals surface area contributed by atoms with Crippen molar-refractivity contribution in [3.05, 3.63) is 28.8 Å². The van der Waals surface area contributed by atoms with Crippen LogP contribution in [0.15, 0.2) is 12.1 Å². The number of nitrogens with zero attached hydrogens (tertiary/aromatic N) is 2. The van der Waals surface area contributed by atoms with Crippen LogP contribution in [0.1, 0.15) is 16.7 Å². The summed E-state index contributed by atoms with van der Waals surface area (Å²) in [7, 11) is 0. The maximum Gasteiger partial charge on any atom is 0.133 e. The van der Waals surface area contributed by atoms with Gasteiger partial charge in [0.25, 0.3) is 0 Å². The van der Waals surface area contributed by atoms with Crippen molar-refractivity contribution in [2.24, 2.45) is 0 Å². The molecule has 0 heterocycles. The lowest BCUT2D eigenvalue weighted by atomic mass is 10.0. The number of benzene rings is 1. The first-order chi connectivity index (χ1) is 6.20. The van der Waals surface area contributed by atoms with Crippen LogP contribution in [0, 0.1) is 29.6 Å². The Morgan fingerprint density at radius 1 is 1.38 bits per heavy atom. The van der Waals surface area contributed by atoms with Crippen LogP contribution in [-0.2, 0) is 6.42 Å². The molecule has 0 bridgehead atoms. The highest BCUT2D eigenvalue weighted by molar-refractivity contribution is 5.51. The van der Waals surface area contributed by atoms with Gasteiger partial charge in [0, 0.05) is 0 Å². The van der Waals surface area contributed by atoms with E-state index in [4.69, 9.17) is 10.5 Å². The molecular weight excluding hydrogens is 164 g/mol. The Bertz CT molecular complexity index is 410. The Labute approximate surface area is 76.5 Å². The fourth-order valence-corrected chi connectivity index (χ4v) is 1.16. The number of phenols is 1. The van der Waals surface area contributed by atoms with Crippen LogP contribution < -0.4 is 0 Å². The number of rotatable bonds is 1. The summed E-state index contributed by atoms with van der Waals surface area (Å²) in [5.41, 5.74) is 1.73. The molecule has 0 radical (unpaired) electrons. The fraction of sp³-hybridized carbons (Fsp3) is 0.200. The molecule has 3 heteroatoms.